The highest BCUT2D eigenvalue weighted by Crippen LogP contribution is 2.32. The van der Waals surface area contributed by atoms with Gasteiger partial charge in [0.2, 0.25) is 5.91 Å². The normalized spacial score (nSPS) is 24.4. The van der Waals surface area contributed by atoms with Crippen molar-refractivity contribution in [2.24, 2.45) is 11.8 Å². The van der Waals surface area contributed by atoms with Crippen LogP contribution in [0.4, 0.5) is 19.3 Å². The van der Waals surface area contributed by atoms with Crippen molar-refractivity contribution >= 4 is 17.6 Å². The standard InChI is InChI=1S/C15H17F2N3O2/c1-19-5-4-9-7-20(8-11(9)14(19)21)15(22)18-13-3-2-10(16)6-12(13)17/h2-3,6,9,11H,4-5,7-8H2,1H3,(H,18,22)/t9-,11+/m1/s1. The molecule has 5 nitrogen and oxygen atoms in total. The minimum Gasteiger partial charge on any atom is -0.345 e. The van der Waals surface area contributed by atoms with E-state index in [0.29, 0.717) is 19.6 Å². The molecule has 1 N–H and O–H groups in total. The molecule has 2 fully saturated rings. The smallest absolute Gasteiger partial charge is 0.321 e. The molecule has 0 aromatic heterocycles. The number of halogens is 2. The Balaban J connectivity index is 1.68. The lowest BCUT2D eigenvalue weighted by Crippen LogP contribution is -2.42. The third-order valence-electron chi connectivity index (χ3n) is 4.43. The number of likely N-dealkylation sites (tertiary alicyclic amines) is 2. The molecular weight excluding hydrogens is 292 g/mol. The quantitative estimate of drug-likeness (QED) is 0.861. The molecule has 3 rings (SSSR count). The molecule has 0 spiro atoms. The van der Waals surface area contributed by atoms with Crippen LogP contribution in [0, 0.1) is 23.5 Å². The molecule has 118 valence electrons. The molecule has 2 atom stereocenters. The number of nitrogens with one attached hydrogen (secondary N) is 1. The summed E-state index contributed by atoms with van der Waals surface area (Å²) in [7, 11) is 1.76. The highest BCUT2D eigenvalue weighted by atomic mass is 19.1. The van der Waals surface area contributed by atoms with Crippen molar-refractivity contribution < 1.29 is 18.4 Å². The van der Waals surface area contributed by atoms with Crippen molar-refractivity contribution in [3.05, 3.63) is 29.8 Å². The van der Waals surface area contributed by atoms with Crippen LogP contribution in [0.3, 0.4) is 0 Å². The molecule has 1 aromatic rings. The van der Waals surface area contributed by atoms with Gasteiger partial charge in [-0.3, -0.25) is 4.79 Å². The second-order valence-corrected chi connectivity index (χ2v) is 5.87. The summed E-state index contributed by atoms with van der Waals surface area (Å²) in [4.78, 5) is 27.5. The molecule has 0 aliphatic carbocycles. The number of amides is 3. The fraction of sp³-hybridized carbons (Fsp3) is 0.467. The minimum absolute atomic E-state index is 0.0551. The lowest BCUT2D eigenvalue weighted by molar-refractivity contribution is -0.137. The number of hydrogen-bond acceptors (Lipinski definition) is 2. The van der Waals surface area contributed by atoms with Crippen molar-refractivity contribution in [1.82, 2.24) is 9.80 Å². The largest absolute Gasteiger partial charge is 0.345 e. The van der Waals surface area contributed by atoms with Gasteiger partial charge in [-0.2, -0.15) is 0 Å². The summed E-state index contributed by atoms with van der Waals surface area (Å²) in [6.45, 7) is 1.52. The van der Waals surface area contributed by atoms with Gasteiger partial charge in [-0.05, 0) is 24.5 Å². The first kappa shape index (κ1) is 14.7. The monoisotopic (exact) mass is 309 g/mol. The first-order valence-electron chi connectivity index (χ1n) is 7.21. The summed E-state index contributed by atoms with van der Waals surface area (Å²) in [5.74, 6) is -1.48. The lowest BCUT2D eigenvalue weighted by Gasteiger charge is -2.30. The highest BCUT2D eigenvalue weighted by molar-refractivity contribution is 5.90. The van der Waals surface area contributed by atoms with Crippen LogP contribution in [-0.4, -0.2) is 48.4 Å². The van der Waals surface area contributed by atoms with Gasteiger partial charge in [-0.25, -0.2) is 13.6 Å². The first-order valence-corrected chi connectivity index (χ1v) is 7.21. The maximum atomic E-state index is 13.6. The Bertz CT molecular complexity index is 623. The van der Waals surface area contributed by atoms with E-state index in [4.69, 9.17) is 0 Å². The summed E-state index contributed by atoms with van der Waals surface area (Å²) in [6, 6.07) is 2.53. The summed E-state index contributed by atoms with van der Waals surface area (Å²) < 4.78 is 26.4. The highest BCUT2D eigenvalue weighted by Gasteiger charge is 2.43. The van der Waals surface area contributed by atoms with Gasteiger partial charge in [0, 0.05) is 32.7 Å². The van der Waals surface area contributed by atoms with E-state index in [1.807, 2.05) is 0 Å². The summed E-state index contributed by atoms with van der Waals surface area (Å²) in [6.07, 6.45) is 0.863. The van der Waals surface area contributed by atoms with Crippen molar-refractivity contribution in [1.29, 1.82) is 0 Å². The van der Waals surface area contributed by atoms with Gasteiger partial charge in [-0.1, -0.05) is 0 Å². The number of anilines is 1. The topological polar surface area (TPSA) is 52.6 Å². The Morgan fingerprint density at radius 1 is 1.32 bits per heavy atom. The van der Waals surface area contributed by atoms with E-state index in [2.05, 4.69) is 5.32 Å². The van der Waals surface area contributed by atoms with Gasteiger partial charge in [0.25, 0.3) is 0 Å². The zero-order valence-electron chi connectivity index (χ0n) is 12.2. The molecule has 7 heteroatoms. The van der Waals surface area contributed by atoms with Crippen LogP contribution < -0.4 is 5.32 Å². The number of nitrogens with zero attached hydrogens (tertiary/aromatic N) is 2. The Kier molecular flexibility index (Phi) is 3.72. The van der Waals surface area contributed by atoms with Gasteiger partial charge in [0.15, 0.2) is 0 Å². The van der Waals surface area contributed by atoms with Crippen molar-refractivity contribution in [2.75, 3.05) is 32.0 Å². The number of urea groups is 1. The van der Waals surface area contributed by atoms with Crippen LogP contribution in [0.25, 0.3) is 0 Å². The molecule has 0 radical (unpaired) electrons. The fourth-order valence-corrected chi connectivity index (χ4v) is 3.15. The summed E-state index contributed by atoms with van der Waals surface area (Å²) >= 11 is 0. The van der Waals surface area contributed by atoms with Gasteiger partial charge in [0.05, 0.1) is 11.6 Å². The Morgan fingerprint density at radius 3 is 2.82 bits per heavy atom. The number of carbonyl (C=O) groups excluding carboxylic acids is 2. The van der Waals surface area contributed by atoms with Crippen molar-refractivity contribution in [3.63, 3.8) is 0 Å². The van der Waals surface area contributed by atoms with E-state index in [1.54, 1.807) is 11.9 Å². The van der Waals surface area contributed by atoms with Crippen LogP contribution in [0.1, 0.15) is 6.42 Å². The molecule has 0 bridgehead atoms. The minimum atomic E-state index is -0.819. The SMILES string of the molecule is CN1CC[C@@H]2CN(C(=O)Nc3ccc(F)cc3F)C[C@@H]2C1=O. The lowest BCUT2D eigenvalue weighted by atomic mass is 9.88. The van der Waals surface area contributed by atoms with E-state index in [0.717, 1.165) is 18.6 Å². The van der Waals surface area contributed by atoms with Crippen LogP contribution in [-0.2, 0) is 4.79 Å². The van der Waals surface area contributed by atoms with Crippen molar-refractivity contribution in [2.45, 2.75) is 6.42 Å². The number of rotatable bonds is 1. The van der Waals surface area contributed by atoms with Gasteiger partial charge >= 0.3 is 6.03 Å². The number of piperidine rings is 1. The summed E-state index contributed by atoms with van der Waals surface area (Å²) in [5.41, 5.74) is -0.0651. The van der Waals surface area contributed by atoms with E-state index in [9.17, 15) is 18.4 Å². The van der Waals surface area contributed by atoms with Crippen LogP contribution in [0.2, 0.25) is 0 Å². The van der Waals surface area contributed by atoms with Crippen molar-refractivity contribution in [3.8, 4) is 0 Å². The van der Waals surface area contributed by atoms with Gasteiger partial charge < -0.3 is 15.1 Å². The van der Waals surface area contributed by atoms with Crippen LogP contribution in [0.15, 0.2) is 18.2 Å². The second kappa shape index (κ2) is 5.55. The third kappa shape index (κ3) is 2.63. The maximum Gasteiger partial charge on any atom is 0.321 e. The molecule has 0 unspecified atom stereocenters. The third-order valence-corrected chi connectivity index (χ3v) is 4.43. The molecule has 2 aliphatic rings. The number of fused-ring (bicyclic) bond motifs is 1. The predicted octanol–water partition coefficient (Wildman–Crippen LogP) is 1.91. The van der Waals surface area contributed by atoms with Crippen LogP contribution >= 0.6 is 0 Å². The second-order valence-electron chi connectivity index (χ2n) is 5.87. The Morgan fingerprint density at radius 2 is 2.09 bits per heavy atom. The first-order chi connectivity index (χ1) is 10.5. The zero-order valence-corrected chi connectivity index (χ0v) is 12.2. The average molecular weight is 309 g/mol. The van der Waals surface area contributed by atoms with Gasteiger partial charge in [0.1, 0.15) is 11.6 Å². The number of hydrogen-bond donors (Lipinski definition) is 1. The van der Waals surface area contributed by atoms with E-state index >= 15 is 0 Å². The molecule has 2 aliphatic heterocycles. The Labute approximate surface area is 126 Å². The van der Waals surface area contributed by atoms with E-state index < -0.39 is 17.7 Å². The average Bonchev–Trinajstić information content (AvgIpc) is 2.91. The zero-order chi connectivity index (χ0) is 15.9. The molecular formula is C15H17F2N3O2. The Hall–Kier alpha value is -2.18. The van der Waals surface area contributed by atoms with Gasteiger partial charge in [-0.15, -0.1) is 0 Å². The number of benzene rings is 1. The fourth-order valence-electron chi connectivity index (χ4n) is 3.15. The van der Waals surface area contributed by atoms with E-state index in [1.165, 1.54) is 11.0 Å². The molecule has 2 heterocycles. The maximum absolute atomic E-state index is 13.6. The van der Waals surface area contributed by atoms with Crippen LogP contribution in [0.5, 0.6) is 0 Å². The molecule has 0 saturated carbocycles. The molecule has 2 saturated heterocycles. The molecule has 3 amide bonds. The predicted molar refractivity (Wildman–Crippen MR) is 76.2 cm³/mol. The molecule has 22 heavy (non-hydrogen) atoms. The molecule has 1 aromatic carbocycles. The summed E-state index contributed by atoms with van der Waals surface area (Å²) in [5, 5.41) is 2.44. The van der Waals surface area contributed by atoms with E-state index in [-0.39, 0.29) is 23.4 Å². The number of carbonyl (C=O) groups is 2.